The van der Waals surface area contributed by atoms with E-state index < -0.39 is 10.0 Å². The smallest absolute Gasteiger partial charge is 0.214 e. The van der Waals surface area contributed by atoms with Gasteiger partial charge in [-0.2, -0.15) is 0 Å². The Morgan fingerprint density at radius 3 is 2.79 bits per heavy atom. The molecule has 9 heteroatoms. The van der Waals surface area contributed by atoms with Crippen molar-refractivity contribution < 1.29 is 18.3 Å². The molecule has 29 heavy (non-hydrogen) atoms. The van der Waals surface area contributed by atoms with Crippen LogP contribution in [-0.4, -0.2) is 57.8 Å². The van der Waals surface area contributed by atoms with Crippen molar-refractivity contribution in [1.82, 2.24) is 18.8 Å². The van der Waals surface area contributed by atoms with Crippen molar-refractivity contribution in [2.24, 2.45) is 0 Å². The van der Waals surface area contributed by atoms with Crippen molar-refractivity contribution in [3.05, 3.63) is 30.2 Å². The Morgan fingerprint density at radius 1 is 1.21 bits per heavy atom. The third kappa shape index (κ3) is 4.08. The molecule has 0 unspecified atom stereocenters. The van der Waals surface area contributed by atoms with Gasteiger partial charge < -0.3 is 14.4 Å². The third-order valence-corrected chi connectivity index (χ3v) is 7.27. The van der Waals surface area contributed by atoms with E-state index in [1.807, 2.05) is 13.0 Å². The lowest BCUT2D eigenvalue weighted by atomic mass is 10.2. The van der Waals surface area contributed by atoms with E-state index >= 15 is 0 Å². The summed E-state index contributed by atoms with van der Waals surface area (Å²) in [5.41, 5.74) is 2.48. The van der Waals surface area contributed by atoms with Crippen molar-refractivity contribution in [3.63, 3.8) is 0 Å². The number of aryl methyl sites for hydroxylation is 1. The minimum absolute atomic E-state index is 0.178. The fourth-order valence-corrected chi connectivity index (χ4v) is 5.46. The molecule has 1 aliphatic rings. The Kier molecular flexibility index (Phi) is 5.71. The van der Waals surface area contributed by atoms with Crippen LogP contribution in [0, 0.1) is 0 Å². The van der Waals surface area contributed by atoms with Crippen molar-refractivity contribution in [1.29, 1.82) is 0 Å². The van der Waals surface area contributed by atoms with Crippen LogP contribution in [0.15, 0.2) is 24.4 Å². The second kappa shape index (κ2) is 8.25. The lowest BCUT2D eigenvalue weighted by molar-refractivity contribution is 0.126. The molecule has 0 spiro atoms. The highest BCUT2D eigenvalue weighted by atomic mass is 32.2. The van der Waals surface area contributed by atoms with Gasteiger partial charge in [-0.25, -0.2) is 17.7 Å². The number of pyridine rings is 1. The number of hydrogen-bond donors (Lipinski definition) is 1. The number of aromatic nitrogens is 3. The molecule has 3 heterocycles. The van der Waals surface area contributed by atoms with Crippen molar-refractivity contribution >= 4 is 32.0 Å². The van der Waals surface area contributed by atoms with Crippen LogP contribution in [0.2, 0.25) is 0 Å². The number of aromatic hydroxyl groups is 1. The highest BCUT2D eigenvalue weighted by molar-refractivity contribution is 7.89. The van der Waals surface area contributed by atoms with E-state index in [1.54, 1.807) is 22.6 Å². The molecule has 156 valence electrons. The van der Waals surface area contributed by atoms with E-state index in [2.05, 4.69) is 9.55 Å². The summed E-state index contributed by atoms with van der Waals surface area (Å²) < 4.78 is 33.3. The minimum atomic E-state index is -3.05. The number of ether oxygens (including phenoxy) is 1. The summed E-state index contributed by atoms with van der Waals surface area (Å²) in [5, 5.41) is 10.7. The molecule has 0 amide bonds. The molecular weight excluding hydrogens is 392 g/mol. The SMILES string of the molecule is CCOCc1nc2cnc3cc(O)ccc3c2n1CCCCN1CCCS1(=O)=O. The Labute approximate surface area is 170 Å². The Morgan fingerprint density at radius 2 is 2.03 bits per heavy atom. The van der Waals surface area contributed by atoms with Gasteiger partial charge >= 0.3 is 0 Å². The lowest BCUT2D eigenvalue weighted by Crippen LogP contribution is -2.26. The zero-order valence-corrected chi connectivity index (χ0v) is 17.4. The predicted octanol–water partition coefficient (Wildman–Crippen LogP) is 2.64. The van der Waals surface area contributed by atoms with Crippen LogP contribution in [0.5, 0.6) is 5.75 Å². The molecule has 0 bridgehead atoms. The van der Waals surface area contributed by atoms with Gasteiger partial charge in [0.05, 0.1) is 23.0 Å². The summed E-state index contributed by atoms with van der Waals surface area (Å²) in [5.74, 6) is 1.28. The van der Waals surface area contributed by atoms with Gasteiger partial charge in [-0.05, 0) is 38.3 Å². The molecule has 0 atom stereocenters. The van der Waals surface area contributed by atoms with Crippen LogP contribution in [0.4, 0.5) is 0 Å². The van der Waals surface area contributed by atoms with E-state index in [4.69, 9.17) is 9.72 Å². The number of benzene rings is 1. The largest absolute Gasteiger partial charge is 0.508 e. The van der Waals surface area contributed by atoms with Gasteiger partial charge in [0.1, 0.15) is 23.7 Å². The number of nitrogens with zero attached hydrogens (tertiary/aromatic N) is 4. The van der Waals surface area contributed by atoms with Crippen molar-refractivity contribution in [2.75, 3.05) is 25.4 Å². The molecule has 1 aliphatic heterocycles. The molecule has 1 aromatic carbocycles. The van der Waals surface area contributed by atoms with Gasteiger partial charge in [-0.3, -0.25) is 4.98 Å². The number of rotatable bonds is 8. The first-order valence-electron chi connectivity index (χ1n) is 10.0. The molecule has 8 nitrogen and oxygen atoms in total. The van der Waals surface area contributed by atoms with Gasteiger partial charge in [0, 0.05) is 37.7 Å². The molecule has 0 radical (unpaired) electrons. The van der Waals surface area contributed by atoms with Crippen LogP contribution >= 0.6 is 0 Å². The van der Waals surface area contributed by atoms with Gasteiger partial charge in [0.25, 0.3) is 0 Å². The molecule has 1 saturated heterocycles. The van der Waals surface area contributed by atoms with Gasteiger partial charge in [0.2, 0.25) is 10.0 Å². The monoisotopic (exact) mass is 418 g/mol. The van der Waals surface area contributed by atoms with E-state index in [1.165, 1.54) is 0 Å². The normalized spacial score (nSPS) is 16.9. The van der Waals surface area contributed by atoms with E-state index in [0.717, 1.165) is 41.5 Å². The summed E-state index contributed by atoms with van der Waals surface area (Å²) in [6, 6.07) is 5.16. The Balaban J connectivity index is 1.60. The minimum Gasteiger partial charge on any atom is -0.508 e. The molecule has 1 fully saturated rings. The summed E-state index contributed by atoms with van der Waals surface area (Å²) in [4.78, 5) is 9.13. The molecule has 1 N–H and O–H groups in total. The first-order valence-corrected chi connectivity index (χ1v) is 11.6. The summed E-state index contributed by atoms with van der Waals surface area (Å²) in [7, 11) is -3.05. The lowest BCUT2D eigenvalue weighted by Gasteiger charge is -2.15. The molecular formula is C20H26N4O4S. The Bertz CT molecular complexity index is 1130. The van der Waals surface area contributed by atoms with Crippen molar-refractivity contribution in [2.45, 2.75) is 39.3 Å². The number of phenols is 1. The summed E-state index contributed by atoms with van der Waals surface area (Å²) in [6.45, 7) is 4.86. The summed E-state index contributed by atoms with van der Waals surface area (Å²) in [6.07, 6.45) is 4.06. The highest BCUT2D eigenvalue weighted by Gasteiger charge is 2.27. The number of unbranched alkanes of at least 4 members (excludes halogenated alkanes) is 1. The second-order valence-corrected chi connectivity index (χ2v) is 9.37. The van der Waals surface area contributed by atoms with Gasteiger partial charge in [-0.1, -0.05) is 0 Å². The number of sulfonamides is 1. The third-order valence-electron chi connectivity index (χ3n) is 5.31. The Hall–Kier alpha value is -2.23. The molecule has 0 saturated carbocycles. The fraction of sp³-hybridized carbons (Fsp3) is 0.500. The number of hydrogen-bond acceptors (Lipinski definition) is 6. The van der Waals surface area contributed by atoms with E-state index in [0.29, 0.717) is 38.4 Å². The molecule has 2 aromatic heterocycles. The predicted molar refractivity (Wildman–Crippen MR) is 111 cm³/mol. The zero-order valence-electron chi connectivity index (χ0n) is 16.5. The molecule has 0 aliphatic carbocycles. The van der Waals surface area contributed by atoms with Crippen LogP contribution in [0.1, 0.15) is 32.0 Å². The van der Waals surface area contributed by atoms with Crippen LogP contribution in [0.25, 0.3) is 21.9 Å². The fourth-order valence-electron chi connectivity index (χ4n) is 3.90. The second-order valence-electron chi connectivity index (χ2n) is 7.29. The van der Waals surface area contributed by atoms with Crippen LogP contribution in [-0.2, 0) is 27.9 Å². The molecule has 4 rings (SSSR count). The molecule has 3 aromatic rings. The first kappa shape index (κ1) is 20.1. The average Bonchev–Trinajstić information content (AvgIpc) is 3.22. The topological polar surface area (TPSA) is 97.6 Å². The van der Waals surface area contributed by atoms with Gasteiger partial charge in [-0.15, -0.1) is 0 Å². The van der Waals surface area contributed by atoms with E-state index in [-0.39, 0.29) is 11.5 Å². The van der Waals surface area contributed by atoms with Crippen LogP contribution in [0.3, 0.4) is 0 Å². The standard InChI is InChI=1S/C20H26N4O4S/c1-2-28-14-19-22-18-13-21-17-12-15(25)6-7-16(17)20(18)24(19)10-4-3-8-23-9-5-11-29(23,26)27/h6-7,12-13,25H,2-5,8-11,14H2,1H3. The quantitative estimate of drug-likeness (QED) is 0.565. The van der Waals surface area contributed by atoms with E-state index in [9.17, 15) is 13.5 Å². The number of phenolic OH excluding ortho intramolecular Hbond substituents is 1. The maximum absolute atomic E-state index is 12.0. The van der Waals surface area contributed by atoms with Gasteiger partial charge in [0.15, 0.2) is 0 Å². The zero-order chi connectivity index (χ0) is 20.4. The average molecular weight is 419 g/mol. The number of fused-ring (bicyclic) bond motifs is 3. The first-order chi connectivity index (χ1) is 14.0. The van der Waals surface area contributed by atoms with Crippen molar-refractivity contribution in [3.8, 4) is 5.75 Å². The maximum atomic E-state index is 12.0. The summed E-state index contributed by atoms with van der Waals surface area (Å²) >= 11 is 0. The number of imidazole rings is 1. The van der Waals surface area contributed by atoms with Crippen LogP contribution < -0.4 is 0 Å². The maximum Gasteiger partial charge on any atom is 0.214 e. The highest BCUT2D eigenvalue weighted by Crippen LogP contribution is 2.28.